The second kappa shape index (κ2) is 4.04. The van der Waals surface area contributed by atoms with E-state index in [0.29, 0.717) is 11.7 Å². The zero-order valence-corrected chi connectivity index (χ0v) is 9.69. The minimum Gasteiger partial charge on any atom is -0.382 e. The van der Waals surface area contributed by atoms with Crippen LogP contribution in [0.25, 0.3) is 0 Å². The fourth-order valence-electron chi connectivity index (χ4n) is 2.43. The number of rotatable bonds is 2. The molecule has 1 nitrogen and oxygen atoms in total. The van der Waals surface area contributed by atoms with Gasteiger partial charge in [-0.25, -0.2) is 8.78 Å². The fourth-order valence-corrected chi connectivity index (χ4v) is 2.43. The molecule has 1 N–H and O–H groups in total. The summed E-state index contributed by atoms with van der Waals surface area (Å²) < 4.78 is 26.0. The van der Waals surface area contributed by atoms with Crippen molar-refractivity contribution in [2.75, 3.05) is 5.32 Å². The van der Waals surface area contributed by atoms with E-state index < -0.39 is 11.6 Å². The van der Waals surface area contributed by atoms with Crippen LogP contribution in [-0.2, 0) is 0 Å². The summed E-state index contributed by atoms with van der Waals surface area (Å²) in [6, 6.07) is 3.88. The van der Waals surface area contributed by atoms with Crippen molar-refractivity contribution in [2.24, 2.45) is 5.41 Å². The molecule has 1 unspecified atom stereocenters. The average Bonchev–Trinajstić information content (AvgIpc) is 2.44. The number of benzene rings is 1. The number of halogens is 2. The number of nitrogens with one attached hydrogen (secondary N) is 1. The van der Waals surface area contributed by atoms with Gasteiger partial charge >= 0.3 is 0 Å². The second-order valence-corrected chi connectivity index (χ2v) is 5.24. The minimum atomic E-state index is -0.529. The Kier molecular flexibility index (Phi) is 2.87. The smallest absolute Gasteiger partial charge is 0.128 e. The standard InChI is InChI=1S/C13H17F2N/c1-13(2)5-3-4-12(13)16-11-7-9(14)6-10(15)8-11/h6-8,12,16H,3-5H2,1-2H3. The molecule has 0 amide bonds. The number of hydrogen-bond acceptors (Lipinski definition) is 1. The predicted octanol–water partition coefficient (Wildman–Crippen LogP) is 3.96. The summed E-state index contributed by atoms with van der Waals surface area (Å²) in [5, 5.41) is 3.23. The summed E-state index contributed by atoms with van der Waals surface area (Å²) in [5.41, 5.74) is 0.737. The quantitative estimate of drug-likeness (QED) is 0.803. The minimum absolute atomic E-state index is 0.197. The molecule has 0 spiro atoms. The zero-order chi connectivity index (χ0) is 11.8. The molecule has 3 heteroatoms. The zero-order valence-electron chi connectivity index (χ0n) is 9.69. The van der Waals surface area contributed by atoms with E-state index in [4.69, 9.17) is 0 Å². The fraction of sp³-hybridized carbons (Fsp3) is 0.538. The third-order valence-electron chi connectivity index (χ3n) is 3.46. The third-order valence-corrected chi connectivity index (χ3v) is 3.46. The summed E-state index contributed by atoms with van der Waals surface area (Å²) in [7, 11) is 0. The Bertz CT molecular complexity index is 367. The maximum atomic E-state index is 13.0. The van der Waals surface area contributed by atoms with Gasteiger partial charge in [-0.1, -0.05) is 20.3 Å². The van der Waals surface area contributed by atoms with Gasteiger partial charge in [0.25, 0.3) is 0 Å². The van der Waals surface area contributed by atoms with Crippen molar-refractivity contribution in [1.82, 2.24) is 0 Å². The van der Waals surface area contributed by atoms with Crippen LogP contribution < -0.4 is 5.32 Å². The second-order valence-electron chi connectivity index (χ2n) is 5.24. The van der Waals surface area contributed by atoms with Crippen molar-refractivity contribution in [2.45, 2.75) is 39.2 Å². The van der Waals surface area contributed by atoms with Gasteiger partial charge < -0.3 is 5.32 Å². The van der Waals surface area contributed by atoms with Gasteiger partial charge in [0.2, 0.25) is 0 Å². The molecule has 0 aliphatic heterocycles. The molecule has 0 radical (unpaired) electrons. The van der Waals surface area contributed by atoms with Crippen molar-refractivity contribution >= 4 is 5.69 Å². The Morgan fingerprint density at radius 3 is 2.31 bits per heavy atom. The highest BCUT2D eigenvalue weighted by atomic mass is 19.1. The predicted molar refractivity (Wildman–Crippen MR) is 61.4 cm³/mol. The molecule has 1 aliphatic rings. The van der Waals surface area contributed by atoms with Gasteiger partial charge in [-0.15, -0.1) is 0 Å². The molecule has 0 bridgehead atoms. The highest BCUT2D eigenvalue weighted by Gasteiger charge is 2.34. The molecule has 1 aliphatic carbocycles. The van der Waals surface area contributed by atoms with Crippen LogP contribution in [-0.4, -0.2) is 6.04 Å². The molecule has 0 saturated heterocycles. The maximum Gasteiger partial charge on any atom is 0.128 e. The molecule has 16 heavy (non-hydrogen) atoms. The summed E-state index contributed by atoms with van der Waals surface area (Å²) in [4.78, 5) is 0. The van der Waals surface area contributed by atoms with E-state index in [0.717, 1.165) is 18.9 Å². The lowest BCUT2D eigenvalue weighted by molar-refractivity contribution is 0.350. The van der Waals surface area contributed by atoms with Crippen LogP contribution in [0.1, 0.15) is 33.1 Å². The van der Waals surface area contributed by atoms with Crippen LogP contribution in [0.2, 0.25) is 0 Å². The normalized spacial score (nSPS) is 23.4. The molecular formula is C13H17F2N. The van der Waals surface area contributed by atoms with Crippen molar-refractivity contribution < 1.29 is 8.78 Å². The highest BCUT2D eigenvalue weighted by Crippen LogP contribution is 2.39. The van der Waals surface area contributed by atoms with E-state index in [1.165, 1.54) is 18.6 Å². The molecule has 2 rings (SSSR count). The summed E-state index contributed by atoms with van der Waals surface area (Å²) in [6.07, 6.45) is 3.38. The van der Waals surface area contributed by atoms with Crippen LogP contribution in [0.5, 0.6) is 0 Å². The average molecular weight is 225 g/mol. The summed E-state index contributed by atoms with van der Waals surface area (Å²) >= 11 is 0. The van der Waals surface area contributed by atoms with E-state index in [-0.39, 0.29) is 5.41 Å². The first kappa shape index (κ1) is 11.4. The molecule has 0 aromatic heterocycles. The first-order valence-electron chi connectivity index (χ1n) is 5.70. The van der Waals surface area contributed by atoms with Crippen molar-refractivity contribution in [3.05, 3.63) is 29.8 Å². The third kappa shape index (κ3) is 2.34. The molecule has 1 aromatic rings. The lowest BCUT2D eigenvalue weighted by Crippen LogP contribution is -2.30. The van der Waals surface area contributed by atoms with Gasteiger partial charge in [0.15, 0.2) is 0 Å². The van der Waals surface area contributed by atoms with Gasteiger partial charge in [-0.05, 0) is 30.4 Å². The van der Waals surface area contributed by atoms with E-state index in [2.05, 4.69) is 19.2 Å². The van der Waals surface area contributed by atoms with Gasteiger partial charge in [-0.3, -0.25) is 0 Å². The Morgan fingerprint density at radius 2 is 1.81 bits per heavy atom. The molecular weight excluding hydrogens is 208 g/mol. The van der Waals surface area contributed by atoms with Crippen LogP contribution in [0.15, 0.2) is 18.2 Å². The Hall–Kier alpha value is -1.12. The van der Waals surface area contributed by atoms with Gasteiger partial charge in [-0.2, -0.15) is 0 Å². The van der Waals surface area contributed by atoms with Crippen molar-refractivity contribution in [1.29, 1.82) is 0 Å². The summed E-state index contributed by atoms with van der Waals surface area (Å²) in [6.45, 7) is 4.38. The van der Waals surface area contributed by atoms with E-state index in [9.17, 15) is 8.78 Å². The maximum absolute atomic E-state index is 13.0. The molecule has 0 heterocycles. The SMILES string of the molecule is CC1(C)CCCC1Nc1cc(F)cc(F)c1. The molecule has 1 aromatic carbocycles. The van der Waals surface area contributed by atoms with Crippen LogP contribution >= 0.6 is 0 Å². The van der Waals surface area contributed by atoms with Gasteiger partial charge in [0.1, 0.15) is 11.6 Å². The van der Waals surface area contributed by atoms with E-state index in [1.54, 1.807) is 0 Å². The molecule has 1 atom stereocenters. The number of hydrogen-bond donors (Lipinski definition) is 1. The highest BCUT2D eigenvalue weighted by molar-refractivity contribution is 5.45. The van der Waals surface area contributed by atoms with Gasteiger partial charge in [0.05, 0.1) is 0 Å². The van der Waals surface area contributed by atoms with Gasteiger partial charge in [0, 0.05) is 17.8 Å². The molecule has 88 valence electrons. The van der Waals surface area contributed by atoms with Crippen LogP contribution in [0, 0.1) is 17.0 Å². The molecule has 1 fully saturated rings. The van der Waals surface area contributed by atoms with Crippen molar-refractivity contribution in [3.8, 4) is 0 Å². The lowest BCUT2D eigenvalue weighted by atomic mass is 9.87. The van der Waals surface area contributed by atoms with E-state index in [1.807, 2.05) is 0 Å². The van der Waals surface area contributed by atoms with Crippen LogP contribution in [0.4, 0.5) is 14.5 Å². The first-order valence-corrected chi connectivity index (χ1v) is 5.70. The van der Waals surface area contributed by atoms with Crippen LogP contribution in [0.3, 0.4) is 0 Å². The Labute approximate surface area is 94.9 Å². The summed E-state index contributed by atoms with van der Waals surface area (Å²) in [5.74, 6) is -1.06. The van der Waals surface area contributed by atoms with Crippen molar-refractivity contribution in [3.63, 3.8) is 0 Å². The first-order chi connectivity index (χ1) is 7.47. The molecule has 1 saturated carbocycles. The largest absolute Gasteiger partial charge is 0.382 e. The Balaban J connectivity index is 2.14. The van der Waals surface area contributed by atoms with E-state index >= 15 is 0 Å². The lowest BCUT2D eigenvalue weighted by Gasteiger charge is -2.28. The monoisotopic (exact) mass is 225 g/mol. The Morgan fingerprint density at radius 1 is 1.19 bits per heavy atom. The number of anilines is 1. The topological polar surface area (TPSA) is 12.0 Å².